The molecule has 0 bridgehead atoms. The van der Waals surface area contributed by atoms with Gasteiger partial charge in [-0.15, -0.1) is 0 Å². The van der Waals surface area contributed by atoms with Gasteiger partial charge in [0, 0.05) is 6.20 Å². The van der Waals surface area contributed by atoms with E-state index < -0.39 is 0 Å². The molecule has 0 amide bonds. The molecule has 3 nitrogen and oxygen atoms in total. The normalized spacial score (nSPS) is 11.1. The number of hydrogen-bond donors (Lipinski definition) is 0. The van der Waals surface area contributed by atoms with Gasteiger partial charge in [-0.2, -0.15) is 0 Å². The highest BCUT2D eigenvalue weighted by molar-refractivity contribution is 5.87. The molecule has 3 aromatic rings. The molecule has 16 heavy (non-hydrogen) atoms. The van der Waals surface area contributed by atoms with Crippen LogP contribution in [-0.2, 0) is 0 Å². The van der Waals surface area contributed by atoms with Crippen LogP contribution in [0.25, 0.3) is 22.1 Å². The number of fused-ring (bicyclic) bond motifs is 2. The van der Waals surface area contributed by atoms with Gasteiger partial charge < -0.3 is 4.42 Å². The molecule has 0 unspecified atom stereocenters. The zero-order valence-corrected chi connectivity index (χ0v) is 8.73. The highest BCUT2D eigenvalue weighted by Gasteiger charge is 2.07. The van der Waals surface area contributed by atoms with Crippen LogP contribution in [0.4, 0.5) is 0 Å². The van der Waals surface area contributed by atoms with Gasteiger partial charge in [-0.25, -0.2) is 4.98 Å². The minimum Gasteiger partial charge on any atom is -0.454 e. The predicted molar refractivity (Wildman–Crippen MR) is 62.5 cm³/mol. The van der Waals surface area contributed by atoms with E-state index in [0.29, 0.717) is 22.1 Å². The standard InChI is InChI=1S/C13H9NO2/c1-8-4-5-9-11(7-8)16-10-3-2-6-14-12(10)13(9)15/h2-7H,1H3. The van der Waals surface area contributed by atoms with Crippen LogP contribution in [0.5, 0.6) is 0 Å². The number of pyridine rings is 1. The van der Waals surface area contributed by atoms with Crippen molar-refractivity contribution in [1.29, 1.82) is 0 Å². The molecule has 0 saturated heterocycles. The van der Waals surface area contributed by atoms with Crippen molar-refractivity contribution in [3.8, 4) is 0 Å². The van der Waals surface area contributed by atoms with E-state index in [9.17, 15) is 4.79 Å². The Labute approximate surface area is 91.3 Å². The van der Waals surface area contributed by atoms with Crippen LogP contribution in [-0.4, -0.2) is 4.98 Å². The SMILES string of the molecule is Cc1ccc2c(=O)c3ncccc3oc2c1. The Hall–Kier alpha value is -2.16. The predicted octanol–water partition coefficient (Wildman–Crippen LogP) is 2.65. The van der Waals surface area contributed by atoms with Crippen molar-refractivity contribution in [3.05, 3.63) is 52.3 Å². The second-order valence-electron chi connectivity index (χ2n) is 3.78. The molecule has 0 aliphatic rings. The van der Waals surface area contributed by atoms with Crippen molar-refractivity contribution in [2.24, 2.45) is 0 Å². The summed E-state index contributed by atoms with van der Waals surface area (Å²) in [5, 5.41) is 0.580. The quantitative estimate of drug-likeness (QED) is 0.537. The van der Waals surface area contributed by atoms with Crippen LogP contribution < -0.4 is 5.43 Å². The summed E-state index contributed by atoms with van der Waals surface area (Å²) in [6.45, 7) is 1.97. The van der Waals surface area contributed by atoms with Gasteiger partial charge in [0.15, 0.2) is 11.1 Å². The number of nitrogens with zero attached hydrogens (tertiary/aromatic N) is 1. The van der Waals surface area contributed by atoms with E-state index >= 15 is 0 Å². The fraction of sp³-hybridized carbons (Fsp3) is 0.0769. The molecular weight excluding hydrogens is 202 g/mol. The zero-order valence-electron chi connectivity index (χ0n) is 8.73. The van der Waals surface area contributed by atoms with Crippen LogP contribution >= 0.6 is 0 Å². The highest BCUT2D eigenvalue weighted by atomic mass is 16.3. The van der Waals surface area contributed by atoms with Crippen molar-refractivity contribution >= 4 is 22.1 Å². The second-order valence-corrected chi connectivity index (χ2v) is 3.78. The molecule has 0 N–H and O–H groups in total. The Kier molecular flexibility index (Phi) is 1.80. The van der Waals surface area contributed by atoms with Crippen molar-refractivity contribution < 1.29 is 4.42 Å². The number of hydrogen-bond acceptors (Lipinski definition) is 3. The Morgan fingerprint density at radius 3 is 2.94 bits per heavy atom. The smallest absolute Gasteiger partial charge is 0.218 e. The molecule has 0 saturated carbocycles. The van der Waals surface area contributed by atoms with Crippen LogP contribution in [0.1, 0.15) is 5.56 Å². The van der Waals surface area contributed by atoms with E-state index in [-0.39, 0.29) is 5.43 Å². The molecule has 3 heteroatoms. The van der Waals surface area contributed by atoms with Crippen molar-refractivity contribution in [1.82, 2.24) is 4.98 Å². The first kappa shape index (κ1) is 9.09. The van der Waals surface area contributed by atoms with Crippen LogP contribution in [0.3, 0.4) is 0 Å². The topological polar surface area (TPSA) is 43.1 Å². The van der Waals surface area contributed by atoms with Crippen molar-refractivity contribution in [2.75, 3.05) is 0 Å². The third-order valence-electron chi connectivity index (χ3n) is 2.59. The van der Waals surface area contributed by atoms with Crippen LogP contribution in [0.15, 0.2) is 45.7 Å². The Balaban J connectivity index is 2.61. The lowest BCUT2D eigenvalue weighted by Crippen LogP contribution is -2.03. The van der Waals surface area contributed by atoms with Gasteiger partial charge in [-0.3, -0.25) is 4.79 Å². The van der Waals surface area contributed by atoms with Crippen molar-refractivity contribution in [2.45, 2.75) is 6.92 Å². The van der Waals surface area contributed by atoms with Gasteiger partial charge in [0.2, 0.25) is 5.43 Å². The molecule has 0 spiro atoms. The summed E-state index contributed by atoms with van der Waals surface area (Å²) in [4.78, 5) is 16.1. The maximum atomic E-state index is 12.1. The lowest BCUT2D eigenvalue weighted by Gasteiger charge is -2.00. The summed E-state index contributed by atoms with van der Waals surface area (Å²) >= 11 is 0. The number of aromatic nitrogens is 1. The van der Waals surface area contributed by atoms with Crippen LogP contribution in [0, 0.1) is 6.92 Å². The molecule has 0 atom stereocenters. The second kappa shape index (κ2) is 3.17. The molecule has 0 radical (unpaired) electrons. The Morgan fingerprint density at radius 1 is 1.19 bits per heavy atom. The maximum absolute atomic E-state index is 12.1. The van der Waals surface area contributed by atoms with E-state index in [0.717, 1.165) is 5.56 Å². The summed E-state index contributed by atoms with van der Waals surface area (Å²) in [6.07, 6.45) is 1.60. The molecule has 0 aliphatic heterocycles. The van der Waals surface area contributed by atoms with E-state index in [1.165, 1.54) is 0 Å². The first-order valence-electron chi connectivity index (χ1n) is 5.04. The molecule has 2 heterocycles. The molecule has 78 valence electrons. The van der Waals surface area contributed by atoms with Gasteiger partial charge in [-0.05, 0) is 36.8 Å². The number of benzene rings is 1. The molecule has 0 fully saturated rings. The monoisotopic (exact) mass is 211 g/mol. The fourth-order valence-corrected chi connectivity index (χ4v) is 1.79. The minimum atomic E-state index is -0.0724. The first-order valence-corrected chi connectivity index (χ1v) is 5.04. The molecule has 1 aromatic carbocycles. The summed E-state index contributed by atoms with van der Waals surface area (Å²) in [5.74, 6) is 0. The van der Waals surface area contributed by atoms with Gasteiger partial charge in [-0.1, -0.05) is 6.07 Å². The third kappa shape index (κ3) is 1.21. The molecule has 0 aliphatic carbocycles. The van der Waals surface area contributed by atoms with E-state index in [2.05, 4.69) is 4.98 Å². The zero-order chi connectivity index (χ0) is 11.1. The van der Waals surface area contributed by atoms with Gasteiger partial charge in [0.25, 0.3) is 0 Å². The minimum absolute atomic E-state index is 0.0724. The Morgan fingerprint density at radius 2 is 2.06 bits per heavy atom. The highest BCUT2D eigenvalue weighted by Crippen LogP contribution is 2.17. The molecular formula is C13H9NO2. The molecule has 3 rings (SSSR count). The number of rotatable bonds is 0. The van der Waals surface area contributed by atoms with E-state index in [4.69, 9.17) is 4.42 Å². The maximum Gasteiger partial charge on any atom is 0.218 e. The summed E-state index contributed by atoms with van der Waals surface area (Å²) in [7, 11) is 0. The lowest BCUT2D eigenvalue weighted by molar-refractivity contribution is 0.658. The summed E-state index contributed by atoms with van der Waals surface area (Å²) in [6, 6.07) is 9.06. The van der Waals surface area contributed by atoms with Gasteiger partial charge in [0.1, 0.15) is 5.58 Å². The Bertz CT molecular complexity index is 744. The summed E-state index contributed by atoms with van der Waals surface area (Å²) < 4.78 is 5.65. The average Bonchev–Trinajstić information content (AvgIpc) is 2.29. The first-order chi connectivity index (χ1) is 7.75. The molecule has 2 aromatic heterocycles. The van der Waals surface area contributed by atoms with Gasteiger partial charge in [0.05, 0.1) is 5.39 Å². The van der Waals surface area contributed by atoms with E-state index in [1.54, 1.807) is 24.4 Å². The average molecular weight is 211 g/mol. The largest absolute Gasteiger partial charge is 0.454 e. The number of aryl methyl sites for hydroxylation is 1. The summed E-state index contributed by atoms with van der Waals surface area (Å²) in [5.41, 5.74) is 2.53. The third-order valence-corrected chi connectivity index (χ3v) is 2.59. The van der Waals surface area contributed by atoms with Gasteiger partial charge >= 0.3 is 0 Å². The van der Waals surface area contributed by atoms with Crippen LogP contribution in [0.2, 0.25) is 0 Å². The fourth-order valence-electron chi connectivity index (χ4n) is 1.79. The lowest BCUT2D eigenvalue weighted by atomic mass is 10.1. The van der Waals surface area contributed by atoms with E-state index in [1.807, 2.05) is 19.1 Å². The van der Waals surface area contributed by atoms with Crippen molar-refractivity contribution in [3.63, 3.8) is 0 Å².